The molecule has 0 atom stereocenters. The second-order valence-corrected chi connectivity index (χ2v) is 5.32. The minimum atomic E-state index is -0.543. The van der Waals surface area contributed by atoms with Crippen molar-refractivity contribution in [2.24, 2.45) is 0 Å². The monoisotopic (exact) mass is 326 g/mol. The van der Waals surface area contributed by atoms with E-state index in [2.05, 4.69) is 20.8 Å². The van der Waals surface area contributed by atoms with Gasteiger partial charge in [0.2, 0.25) is 5.91 Å². The van der Waals surface area contributed by atoms with Crippen molar-refractivity contribution >= 4 is 17.3 Å². The molecular weight excluding hydrogens is 308 g/mol. The third-order valence-corrected chi connectivity index (χ3v) is 3.48. The number of hydrogen-bond acceptors (Lipinski definition) is 5. The predicted octanol–water partition coefficient (Wildman–Crippen LogP) is 2.52. The van der Waals surface area contributed by atoms with E-state index in [4.69, 9.17) is 9.52 Å². The molecule has 0 aliphatic carbocycles. The summed E-state index contributed by atoms with van der Waals surface area (Å²) in [6.45, 7) is 1.89. The summed E-state index contributed by atoms with van der Waals surface area (Å²) >= 11 is 0. The fourth-order valence-electron chi connectivity index (χ4n) is 2.33. The fraction of sp³-hybridized carbons (Fsp3) is 0.176. The summed E-state index contributed by atoms with van der Waals surface area (Å²) in [5.41, 5.74) is 3.26. The van der Waals surface area contributed by atoms with Crippen LogP contribution in [0, 0.1) is 6.92 Å². The van der Waals surface area contributed by atoms with Gasteiger partial charge in [0.25, 0.3) is 0 Å². The molecule has 2 heterocycles. The zero-order valence-corrected chi connectivity index (χ0v) is 13.2. The fourth-order valence-corrected chi connectivity index (χ4v) is 2.33. The van der Waals surface area contributed by atoms with Gasteiger partial charge in [-0.1, -0.05) is 6.07 Å². The molecule has 0 spiro atoms. The molecule has 3 aromatic rings. The first-order valence-electron chi connectivity index (χ1n) is 7.49. The summed E-state index contributed by atoms with van der Waals surface area (Å²) in [5.74, 6) is 1.13. The highest BCUT2D eigenvalue weighted by Crippen LogP contribution is 2.24. The molecule has 2 aromatic heterocycles. The molecule has 1 aromatic carbocycles. The van der Waals surface area contributed by atoms with Gasteiger partial charge in [0.05, 0.1) is 6.20 Å². The van der Waals surface area contributed by atoms with Gasteiger partial charge >= 0.3 is 0 Å². The lowest BCUT2D eigenvalue weighted by atomic mass is 10.2. The van der Waals surface area contributed by atoms with Crippen LogP contribution < -0.4 is 10.6 Å². The number of rotatable bonds is 6. The van der Waals surface area contributed by atoms with Crippen LogP contribution in [0.4, 0.5) is 11.4 Å². The number of aryl methyl sites for hydroxylation is 1. The van der Waals surface area contributed by atoms with Gasteiger partial charge < -0.3 is 20.2 Å². The summed E-state index contributed by atoms with van der Waals surface area (Å²) in [6.07, 6.45) is 1.75. The Morgan fingerprint density at radius 3 is 2.88 bits per heavy atom. The Kier molecular flexibility index (Phi) is 4.62. The van der Waals surface area contributed by atoms with Gasteiger partial charge in [-0.3, -0.25) is 9.89 Å². The van der Waals surface area contributed by atoms with Crippen molar-refractivity contribution < 1.29 is 14.3 Å². The van der Waals surface area contributed by atoms with Crippen LogP contribution in [0.1, 0.15) is 11.3 Å². The van der Waals surface area contributed by atoms with Gasteiger partial charge in [0, 0.05) is 23.5 Å². The molecule has 0 saturated heterocycles. The van der Waals surface area contributed by atoms with E-state index in [9.17, 15) is 4.79 Å². The number of anilines is 2. The maximum absolute atomic E-state index is 11.2. The molecule has 24 heavy (non-hydrogen) atoms. The largest absolute Gasteiger partial charge is 0.460 e. The molecule has 124 valence electrons. The molecule has 7 heteroatoms. The molecule has 0 aliphatic rings. The maximum atomic E-state index is 11.2. The first-order chi connectivity index (χ1) is 11.7. The number of carbonyl (C=O) groups is 1. The number of furan rings is 1. The third kappa shape index (κ3) is 3.64. The normalized spacial score (nSPS) is 10.6. The van der Waals surface area contributed by atoms with E-state index < -0.39 is 12.5 Å². The Hall–Kier alpha value is -3.06. The number of aliphatic hydroxyl groups is 1. The van der Waals surface area contributed by atoms with Crippen LogP contribution in [0.2, 0.25) is 0 Å². The lowest BCUT2D eigenvalue weighted by Crippen LogP contribution is -2.15. The lowest BCUT2D eigenvalue weighted by Gasteiger charge is -2.09. The zero-order chi connectivity index (χ0) is 16.9. The molecule has 0 fully saturated rings. The summed E-state index contributed by atoms with van der Waals surface area (Å²) in [7, 11) is 0. The number of carbonyl (C=O) groups excluding carboxylic acids is 1. The number of benzene rings is 1. The molecule has 0 aliphatic heterocycles. The summed E-state index contributed by atoms with van der Waals surface area (Å²) in [6, 6.07) is 11.1. The summed E-state index contributed by atoms with van der Waals surface area (Å²) < 4.78 is 5.63. The Morgan fingerprint density at radius 2 is 2.12 bits per heavy atom. The molecule has 0 saturated carbocycles. The number of H-pyrrole nitrogens is 1. The molecule has 0 radical (unpaired) electrons. The highest BCUT2D eigenvalue weighted by Gasteiger charge is 2.11. The number of aromatic nitrogens is 2. The van der Waals surface area contributed by atoms with Crippen molar-refractivity contribution in [3.8, 4) is 11.5 Å². The minimum absolute atomic E-state index is 0.447. The van der Waals surface area contributed by atoms with Crippen molar-refractivity contribution in [2.45, 2.75) is 13.5 Å². The van der Waals surface area contributed by atoms with Crippen LogP contribution in [0.5, 0.6) is 0 Å². The van der Waals surface area contributed by atoms with Crippen LogP contribution >= 0.6 is 0 Å². The molecule has 0 bridgehead atoms. The molecular formula is C17H18N4O3. The first-order valence-corrected chi connectivity index (χ1v) is 7.49. The smallest absolute Gasteiger partial charge is 0.250 e. The van der Waals surface area contributed by atoms with Gasteiger partial charge in [-0.2, -0.15) is 5.10 Å². The molecule has 7 nitrogen and oxygen atoms in total. The van der Waals surface area contributed by atoms with Gasteiger partial charge in [0.15, 0.2) is 5.76 Å². The van der Waals surface area contributed by atoms with Gasteiger partial charge in [-0.25, -0.2) is 0 Å². The topological polar surface area (TPSA) is 103 Å². The number of aromatic amines is 1. The number of nitrogens with one attached hydrogen (secondary N) is 3. The first kappa shape index (κ1) is 15.8. The van der Waals surface area contributed by atoms with Crippen molar-refractivity contribution in [1.29, 1.82) is 0 Å². The van der Waals surface area contributed by atoms with E-state index >= 15 is 0 Å². The number of hydrogen-bond donors (Lipinski definition) is 4. The zero-order valence-electron chi connectivity index (χ0n) is 13.2. The van der Waals surface area contributed by atoms with Crippen LogP contribution in [0.3, 0.4) is 0 Å². The van der Waals surface area contributed by atoms with Crippen LogP contribution in [0.15, 0.2) is 47.0 Å². The van der Waals surface area contributed by atoms with Gasteiger partial charge in [0.1, 0.15) is 18.1 Å². The summed E-state index contributed by atoms with van der Waals surface area (Å²) in [5, 5.41) is 21.7. The summed E-state index contributed by atoms with van der Waals surface area (Å²) in [4.78, 5) is 11.2. The lowest BCUT2D eigenvalue weighted by molar-refractivity contribution is -0.118. The average Bonchev–Trinajstić information content (AvgIpc) is 3.21. The molecule has 0 unspecified atom stereocenters. The van der Waals surface area contributed by atoms with Gasteiger partial charge in [-0.05, 0) is 37.3 Å². The second kappa shape index (κ2) is 7.01. The minimum Gasteiger partial charge on any atom is -0.460 e. The molecule has 3 rings (SSSR count). The average molecular weight is 326 g/mol. The quantitative estimate of drug-likeness (QED) is 0.557. The second-order valence-electron chi connectivity index (χ2n) is 5.32. The van der Waals surface area contributed by atoms with E-state index in [0.717, 1.165) is 28.5 Å². The van der Waals surface area contributed by atoms with Crippen LogP contribution in [-0.2, 0) is 11.3 Å². The Balaban J connectivity index is 1.70. The van der Waals surface area contributed by atoms with E-state index in [-0.39, 0.29) is 0 Å². The highest BCUT2D eigenvalue weighted by atomic mass is 16.3. The number of amides is 1. The number of aliphatic hydroxyl groups excluding tert-OH is 1. The SMILES string of the molecule is Cc1ccc(-c2[nH]ncc2CNc2cccc(NC(=O)CO)c2)o1. The van der Waals surface area contributed by atoms with Crippen LogP contribution in [-0.4, -0.2) is 27.8 Å². The van der Waals surface area contributed by atoms with Crippen molar-refractivity contribution in [1.82, 2.24) is 10.2 Å². The maximum Gasteiger partial charge on any atom is 0.250 e. The number of nitrogens with zero attached hydrogens (tertiary/aromatic N) is 1. The van der Waals surface area contributed by atoms with E-state index in [1.54, 1.807) is 18.3 Å². The third-order valence-electron chi connectivity index (χ3n) is 3.48. The van der Waals surface area contributed by atoms with E-state index in [1.807, 2.05) is 31.2 Å². The van der Waals surface area contributed by atoms with Crippen molar-refractivity contribution in [3.63, 3.8) is 0 Å². The Bertz CT molecular complexity index is 838. The van der Waals surface area contributed by atoms with Gasteiger partial charge in [-0.15, -0.1) is 0 Å². The Labute approximate surface area is 138 Å². The van der Waals surface area contributed by atoms with Crippen molar-refractivity contribution in [2.75, 3.05) is 17.2 Å². The van der Waals surface area contributed by atoms with E-state index in [0.29, 0.717) is 12.2 Å². The highest BCUT2D eigenvalue weighted by molar-refractivity contribution is 5.91. The molecule has 4 N–H and O–H groups in total. The van der Waals surface area contributed by atoms with Crippen LogP contribution in [0.25, 0.3) is 11.5 Å². The standard InChI is InChI=1S/C17H18N4O3/c1-11-5-6-15(24-11)17-12(9-19-21-17)8-18-13-3-2-4-14(7-13)20-16(23)10-22/h2-7,9,18,22H,8,10H2,1H3,(H,19,21)(H,20,23). The van der Waals surface area contributed by atoms with Crippen molar-refractivity contribution in [3.05, 3.63) is 53.9 Å². The molecule has 1 amide bonds. The van der Waals surface area contributed by atoms with E-state index in [1.165, 1.54) is 0 Å². The predicted molar refractivity (Wildman–Crippen MR) is 90.5 cm³/mol. The Morgan fingerprint density at radius 1 is 1.29 bits per heavy atom.